The summed E-state index contributed by atoms with van der Waals surface area (Å²) in [5.41, 5.74) is 5.51. The molecular formula is C9H18N2OS. The topological polar surface area (TPSA) is 49.5 Å². The van der Waals surface area contributed by atoms with E-state index in [2.05, 4.69) is 4.90 Å². The summed E-state index contributed by atoms with van der Waals surface area (Å²) in [6.45, 7) is 1.87. The lowest BCUT2D eigenvalue weighted by atomic mass is 9.91. The highest BCUT2D eigenvalue weighted by Gasteiger charge is 2.24. The van der Waals surface area contributed by atoms with Crippen LogP contribution in [0.4, 0.5) is 0 Å². The average molecular weight is 202 g/mol. The quantitative estimate of drug-likeness (QED) is 0.616. The van der Waals surface area contributed by atoms with E-state index in [-0.39, 0.29) is 6.61 Å². The van der Waals surface area contributed by atoms with Gasteiger partial charge in [0.25, 0.3) is 0 Å². The van der Waals surface area contributed by atoms with Crippen molar-refractivity contribution in [1.29, 1.82) is 0 Å². The van der Waals surface area contributed by atoms with Crippen LogP contribution in [0.3, 0.4) is 0 Å². The Bertz CT molecular complexity index is 171. The van der Waals surface area contributed by atoms with Crippen LogP contribution in [0.25, 0.3) is 0 Å². The zero-order valence-corrected chi connectivity index (χ0v) is 8.72. The molecule has 0 heterocycles. The molecule has 3 nitrogen and oxygen atoms in total. The number of nitrogens with zero attached hydrogens (tertiary/aromatic N) is 1. The molecule has 1 fully saturated rings. The largest absolute Gasteiger partial charge is 0.396 e. The molecule has 1 aliphatic carbocycles. The third kappa shape index (κ3) is 3.58. The maximum absolute atomic E-state index is 8.73. The standard InChI is InChI=1S/C9H18N2OS/c10-9(13)7-11(5-2-6-12)8-3-1-4-8/h8,12H,1-7H2,(H2,10,13). The average Bonchev–Trinajstić information content (AvgIpc) is 1.95. The van der Waals surface area contributed by atoms with Gasteiger partial charge in [-0.05, 0) is 19.3 Å². The summed E-state index contributed by atoms with van der Waals surface area (Å²) in [4.78, 5) is 2.85. The Morgan fingerprint density at radius 2 is 2.23 bits per heavy atom. The fraction of sp³-hybridized carbons (Fsp3) is 0.889. The number of hydrogen-bond acceptors (Lipinski definition) is 3. The number of aliphatic hydroxyl groups excluding tert-OH is 1. The van der Waals surface area contributed by atoms with E-state index in [4.69, 9.17) is 23.1 Å². The Kier molecular flexibility index (Phi) is 4.62. The van der Waals surface area contributed by atoms with E-state index in [0.29, 0.717) is 17.6 Å². The smallest absolute Gasteiger partial charge is 0.0870 e. The predicted octanol–water partition coefficient (Wildman–Crippen LogP) is 0.509. The number of rotatable bonds is 6. The SMILES string of the molecule is NC(=S)CN(CCCO)C1CCC1. The van der Waals surface area contributed by atoms with Gasteiger partial charge in [-0.3, -0.25) is 4.90 Å². The first-order chi connectivity index (χ1) is 6.24. The van der Waals surface area contributed by atoms with Crippen LogP contribution in [0.5, 0.6) is 0 Å². The van der Waals surface area contributed by atoms with Gasteiger partial charge in [0, 0.05) is 25.7 Å². The lowest BCUT2D eigenvalue weighted by molar-refractivity contribution is 0.134. The summed E-state index contributed by atoms with van der Waals surface area (Å²) in [6.07, 6.45) is 4.65. The molecule has 0 aliphatic heterocycles. The van der Waals surface area contributed by atoms with Crippen LogP contribution in [-0.2, 0) is 0 Å². The first-order valence-corrected chi connectivity index (χ1v) is 5.28. The normalized spacial score (nSPS) is 17.4. The second kappa shape index (κ2) is 5.52. The summed E-state index contributed by atoms with van der Waals surface area (Å²) in [5.74, 6) is 0. The summed E-state index contributed by atoms with van der Waals surface area (Å²) >= 11 is 4.89. The third-order valence-electron chi connectivity index (χ3n) is 2.55. The number of nitrogens with two attached hydrogens (primary N) is 1. The molecule has 0 unspecified atom stereocenters. The van der Waals surface area contributed by atoms with Gasteiger partial charge >= 0.3 is 0 Å². The van der Waals surface area contributed by atoms with E-state index in [0.717, 1.165) is 13.0 Å². The van der Waals surface area contributed by atoms with Crippen molar-refractivity contribution in [2.24, 2.45) is 5.73 Å². The van der Waals surface area contributed by atoms with Crippen molar-refractivity contribution < 1.29 is 5.11 Å². The molecule has 0 radical (unpaired) electrons. The van der Waals surface area contributed by atoms with Crippen molar-refractivity contribution in [3.05, 3.63) is 0 Å². The van der Waals surface area contributed by atoms with Crippen molar-refractivity contribution in [2.45, 2.75) is 31.7 Å². The molecule has 13 heavy (non-hydrogen) atoms. The monoisotopic (exact) mass is 202 g/mol. The van der Waals surface area contributed by atoms with Crippen molar-refractivity contribution in [1.82, 2.24) is 4.90 Å². The Balaban J connectivity index is 2.28. The highest BCUT2D eigenvalue weighted by atomic mass is 32.1. The summed E-state index contributed by atoms with van der Waals surface area (Å²) in [5, 5.41) is 8.73. The van der Waals surface area contributed by atoms with Crippen LogP contribution < -0.4 is 5.73 Å². The molecule has 0 bridgehead atoms. The van der Waals surface area contributed by atoms with E-state index in [1.54, 1.807) is 0 Å². The molecule has 76 valence electrons. The fourth-order valence-corrected chi connectivity index (χ4v) is 1.78. The van der Waals surface area contributed by atoms with E-state index < -0.39 is 0 Å². The third-order valence-corrected chi connectivity index (χ3v) is 2.68. The second-order valence-corrected chi connectivity index (χ2v) is 4.12. The highest BCUT2D eigenvalue weighted by molar-refractivity contribution is 7.80. The lowest BCUT2D eigenvalue weighted by Crippen LogP contribution is -2.44. The van der Waals surface area contributed by atoms with Crippen molar-refractivity contribution >= 4 is 17.2 Å². The molecule has 1 aliphatic rings. The molecule has 3 N–H and O–H groups in total. The summed E-state index contributed by atoms with van der Waals surface area (Å²) < 4.78 is 0. The first kappa shape index (κ1) is 10.9. The van der Waals surface area contributed by atoms with E-state index >= 15 is 0 Å². The summed E-state index contributed by atoms with van der Waals surface area (Å²) in [7, 11) is 0. The molecular weight excluding hydrogens is 184 g/mol. The van der Waals surface area contributed by atoms with Gasteiger partial charge in [-0.1, -0.05) is 18.6 Å². The Hall–Kier alpha value is -0.190. The fourth-order valence-electron chi connectivity index (χ4n) is 1.62. The van der Waals surface area contributed by atoms with Gasteiger partial charge in [-0.15, -0.1) is 0 Å². The summed E-state index contributed by atoms with van der Waals surface area (Å²) in [6, 6.07) is 0.660. The van der Waals surface area contributed by atoms with Gasteiger partial charge in [0.2, 0.25) is 0 Å². The number of hydrogen-bond donors (Lipinski definition) is 2. The number of aliphatic hydroxyl groups is 1. The van der Waals surface area contributed by atoms with Crippen LogP contribution in [0, 0.1) is 0 Å². The molecule has 1 saturated carbocycles. The predicted molar refractivity (Wildman–Crippen MR) is 57.7 cm³/mol. The van der Waals surface area contributed by atoms with Crippen LogP contribution in [0.1, 0.15) is 25.7 Å². The minimum Gasteiger partial charge on any atom is -0.396 e. The molecule has 0 aromatic carbocycles. The molecule has 0 saturated heterocycles. The van der Waals surface area contributed by atoms with Gasteiger partial charge in [-0.2, -0.15) is 0 Å². The maximum atomic E-state index is 8.73. The maximum Gasteiger partial charge on any atom is 0.0870 e. The van der Waals surface area contributed by atoms with Crippen molar-refractivity contribution in [3.8, 4) is 0 Å². The van der Waals surface area contributed by atoms with Gasteiger partial charge in [0.05, 0.1) is 4.99 Å². The Morgan fingerprint density at radius 1 is 1.54 bits per heavy atom. The van der Waals surface area contributed by atoms with Gasteiger partial charge in [0.1, 0.15) is 0 Å². The van der Waals surface area contributed by atoms with Crippen LogP contribution >= 0.6 is 12.2 Å². The molecule has 4 heteroatoms. The zero-order valence-electron chi connectivity index (χ0n) is 7.91. The van der Waals surface area contributed by atoms with Gasteiger partial charge in [-0.25, -0.2) is 0 Å². The second-order valence-electron chi connectivity index (χ2n) is 3.60. The van der Waals surface area contributed by atoms with E-state index in [9.17, 15) is 0 Å². The molecule has 0 amide bonds. The molecule has 0 aromatic rings. The molecule has 1 rings (SSSR count). The zero-order chi connectivity index (χ0) is 9.68. The van der Waals surface area contributed by atoms with E-state index in [1.807, 2.05) is 0 Å². The van der Waals surface area contributed by atoms with Crippen LogP contribution in [-0.4, -0.2) is 40.7 Å². The first-order valence-electron chi connectivity index (χ1n) is 4.87. The van der Waals surface area contributed by atoms with Crippen molar-refractivity contribution in [3.63, 3.8) is 0 Å². The van der Waals surface area contributed by atoms with Crippen LogP contribution in [0.15, 0.2) is 0 Å². The number of thiocarbonyl (C=S) groups is 1. The molecule has 0 atom stereocenters. The molecule has 0 spiro atoms. The Labute approximate surface area is 84.9 Å². The molecule has 0 aromatic heterocycles. The van der Waals surface area contributed by atoms with Crippen LogP contribution in [0.2, 0.25) is 0 Å². The Morgan fingerprint density at radius 3 is 2.62 bits per heavy atom. The minimum absolute atomic E-state index is 0.251. The van der Waals surface area contributed by atoms with Gasteiger partial charge < -0.3 is 10.8 Å². The van der Waals surface area contributed by atoms with Crippen molar-refractivity contribution in [2.75, 3.05) is 19.7 Å². The lowest BCUT2D eigenvalue weighted by Gasteiger charge is -2.37. The highest BCUT2D eigenvalue weighted by Crippen LogP contribution is 2.24. The minimum atomic E-state index is 0.251. The van der Waals surface area contributed by atoms with E-state index in [1.165, 1.54) is 19.3 Å². The van der Waals surface area contributed by atoms with Gasteiger partial charge in [0.15, 0.2) is 0 Å².